The number of carbonyl (C=O) groups excluding carboxylic acids is 1. The quantitative estimate of drug-likeness (QED) is 0.569. The number of hydrogen-bond acceptors (Lipinski definition) is 2. The molecule has 0 atom stereocenters. The summed E-state index contributed by atoms with van der Waals surface area (Å²) in [6, 6.07) is 19.8. The molecule has 0 aliphatic carbocycles. The molecule has 0 bridgehead atoms. The molecule has 0 fully saturated rings. The fourth-order valence-electron chi connectivity index (χ4n) is 2.93. The Bertz CT molecular complexity index is 1070. The minimum Gasteiger partial charge on any atom is -0.484 e. The lowest BCUT2D eigenvalue weighted by Crippen LogP contribution is -2.28. The fourth-order valence-corrected chi connectivity index (χ4v) is 2.93. The number of H-pyrrole nitrogens is 1. The third kappa shape index (κ3) is 3.37. The first kappa shape index (κ1) is 16.1. The van der Waals surface area contributed by atoms with E-state index in [0.29, 0.717) is 12.3 Å². The summed E-state index contributed by atoms with van der Waals surface area (Å²) in [5.74, 6) is 0.0998. The first-order valence-electron chi connectivity index (χ1n) is 8.33. The maximum atomic E-state index is 12.9. The second-order valence-corrected chi connectivity index (χ2v) is 6.07. The lowest BCUT2D eigenvalue weighted by atomic mass is 10.1. The van der Waals surface area contributed by atoms with Gasteiger partial charge in [0.05, 0.1) is 5.52 Å². The van der Waals surface area contributed by atoms with Crippen LogP contribution >= 0.6 is 0 Å². The number of hydrogen-bond donors (Lipinski definition) is 2. The number of aromatic amines is 1. The molecule has 1 heterocycles. The Morgan fingerprint density at radius 3 is 2.58 bits per heavy atom. The van der Waals surface area contributed by atoms with E-state index in [1.165, 1.54) is 12.1 Å². The molecule has 26 heavy (non-hydrogen) atoms. The van der Waals surface area contributed by atoms with Crippen molar-refractivity contribution < 1.29 is 13.9 Å². The van der Waals surface area contributed by atoms with Crippen LogP contribution in [0.4, 0.5) is 4.39 Å². The summed E-state index contributed by atoms with van der Waals surface area (Å²) in [6.07, 6.45) is 0. The van der Waals surface area contributed by atoms with E-state index < -0.39 is 0 Å². The third-order valence-electron chi connectivity index (χ3n) is 4.25. The van der Waals surface area contributed by atoms with Crippen LogP contribution in [-0.2, 0) is 11.3 Å². The molecule has 0 saturated carbocycles. The van der Waals surface area contributed by atoms with Gasteiger partial charge in [0.2, 0.25) is 0 Å². The molecule has 2 N–H and O–H groups in total. The molecule has 5 heteroatoms. The summed E-state index contributed by atoms with van der Waals surface area (Å²) < 4.78 is 18.5. The summed E-state index contributed by atoms with van der Waals surface area (Å²) in [5.41, 5.74) is 2.87. The highest BCUT2D eigenvalue weighted by Gasteiger charge is 2.07. The van der Waals surface area contributed by atoms with Crippen molar-refractivity contribution in [3.63, 3.8) is 0 Å². The molecular weight excluding hydrogens is 331 g/mol. The molecule has 1 aromatic heterocycles. The number of rotatable bonds is 5. The summed E-state index contributed by atoms with van der Waals surface area (Å²) in [5, 5.41) is 5.03. The number of benzene rings is 3. The van der Waals surface area contributed by atoms with Crippen LogP contribution in [0.1, 0.15) is 5.56 Å². The van der Waals surface area contributed by atoms with Crippen molar-refractivity contribution >= 4 is 27.7 Å². The molecule has 1 amide bonds. The number of amides is 1. The predicted molar refractivity (Wildman–Crippen MR) is 99.5 cm³/mol. The zero-order valence-electron chi connectivity index (χ0n) is 14.0. The molecule has 3 aromatic carbocycles. The summed E-state index contributed by atoms with van der Waals surface area (Å²) in [6.45, 7) is 0.260. The molecule has 130 valence electrons. The minimum atomic E-state index is -0.296. The van der Waals surface area contributed by atoms with Crippen molar-refractivity contribution in [2.75, 3.05) is 6.61 Å². The molecule has 4 nitrogen and oxygen atoms in total. The molecule has 0 radical (unpaired) electrons. The van der Waals surface area contributed by atoms with Crippen molar-refractivity contribution in [2.45, 2.75) is 6.54 Å². The zero-order chi connectivity index (χ0) is 17.9. The Balaban J connectivity index is 1.38. The Hall–Kier alpha value is -3.34. The van der Waals surface area contributed by atoms with E-state index in [1.54, 1.807) is 12.1 Å². The summed E-state index contributed by atoms with van der Waals surface area (Å²) >= 11 is 0. The minimum absolute atomic E-state index is 0.0765. The average molecular weight is 348 g/mol. The molecule has 0 saturated heterocycles. The largest absolute Gasteiger partial charge is 0.484 e. The van der Waals surface area contributed by atoms with Gasteiger partial charge in [0.15, 0.2) is 6.61 Å². The van der Waals surface area contributed by atoms with Crippen LogP contribution in [0.25, 0.3) is 21.8 Å². The normalized spacial score (nSPS) is 11.0. The summed E-state index contributed by atoms with van der Waals surface area (Å²) in [4.78, 5) is 15.3. The van der Waals surface area contributed by atoms with E-state index in [1.807, 2.05) is 36.4 Å². The van der Waals surface area contributed by atoms with E-state index in [4.69, 9.17) is 4.74 Å². The molecule has 0 spiro atoms. The Kier molecular flexibility index (Phi) is 4.27. The monoisotopic (exact) mass is 348 g/mol. The van der Waals surface area contributed by atoms with Crippen LogP contribution in [0.5, 0.6) is 5.75 Å². The van der Waals surface area contributed by atoms with Gasteiger partial charge in [0.25, 0.3) is 5.91 Å². The van der Waals surface area contributed by atoms with Gasteiger partial charge >= 0.3 is 0 Å². The van der Waals surface area contributed by atoms with Gasteiger partial charge in [0.1, 0.15) is 11.6 Å². The number of ether oxygens (including phenoxy) is 1. The van der Waals surface area contributed by atoms with Crippen molar-refractivity contribution in [3.05, 3.63) is 78.1 Å². The van der Waals surface area contributed by atoms with E-state index in [-0.39, 0.29) is 18.3 Å². The molecular formula is C21H17FN2O2. The number of para-hydroxylation sites is 1. The maximum absolute atomic E-state index is 12.9. The molecule has 0 aliphatic rings. The van der Waals surface area contributed by atoms with Crippen LogP contribution in [-0.4, -0.2) is 17.5 Å². The Morgan fingerprint density at radius 2 is 1.73 bits per heavy atom. The van der Waals surface area contributed by atoms with Crippen LogP contribution < -0.4 is 10.1 Å². The van der Waals surface area contributed by atoms with Crippen molar-refractivity contribution in [1.29, 1.82) is 0 Å². The summed E-state index contributed by atoms with van der Waals surface area (Å²) in [7, 11) is 0. The topological polar surface area (TPSA) is 54.1 Å². The van der Waals surface area contributed by atoms with Crippen LogP contribution in [0.2, 0.25) is 0 Å². The highest BCUT2D eigenvalue weighted by molar-refractivity contribution is 6.07. The molecule has 0 aliphatic heterocycles. The van der Waals surface area contributed by atoms with Gasteiger partial charge in [-0.15, -0.1) is 0 Å². The van der Waals surface area contributed by atoms with Crippen LogP contribution in [0, 0.1) is 5.82 Å². The number of carbonyl (C=O) groups is 1. The van der Waals surface area contributed by atoms with Gasteiger partial charge in [-0.2, -0.15) is 0 Å². The van der Waals surface area contributed by atoms with Gasteiger partial charge in [-0.3, -0.25) is 4.79 Å². The first-order valence-corrected chi connectivity index (χ1v) is 8.33. The standard InChI is InChI=1S/C21H17FN2O2/c22-15-7-5-14(6-8-15)12-23-21(25)13-26-16-9-10-18-17-3-1-2-4-19(17)24-20(18)11-16/h1-11,24H,12-13H2,(H,23,25). The molecule has 4 aromatic rings. The maximum Gasteiger partial charge on any atom is 0.258 e. The van der Waals surface area contributed by atoms with Gasteiger partial charge in [0, 0.05) is 28.9 Å². The number of aromatic nitrogens is 1. The molecule has 4 rings (SSSR count). The van der Waals surface area contributed by atoms with E-state index in [2.05, 4.69) is 16.4 Å². The lowest BCUT2D eigenvalue weighted by molar-refractivity contribution is -0.123. The SMILES string of the molecule is O=C(COc1ccc2c(c1)[nH]c1ccccc12)NCc1ccc(F)cc1. The average Bonchev–Trinajstić information content (AvgIpc) is 3.03. The first-order chi connectivity index (χ1) is 12.7. The lowest BCUT2D eigenvalue weighted by Gasteiger charge is -2.08. The number of halogens is 1. The van der Waals surface area contributed by atoms with Gasteiger partial charge in [-0.1, -0.05) is 30.3 Å². The van der Waals surface area contributed by atoms with Crippen molar-refractivity contribution in [3.8, 4) is 5.75 Å². The van der Waals surface area contributed by atoms with Gasteiger partial charge in [-0.25, -0.2) is 4.39 Å². The Morgan fingerprint density at radius 1 is 0.962 bits per heavy atom. The van der Waals surface area contributed by atoms with Gasteiger partial charge < -0.3 is 15.0 Å². The fraction of sp³-hybridized carbons (Fsp3) is 0.0952. The van der Waals surface area contributed by atoms with E-state index >= 15 is 0 Å². The van der Waals surface area contributed by atoms with Crippen molar-refractivity contribution in [1.82, 2.24) is 10.3 Å². The van der Waals surface area contributed by atoms with E-state index in [0.717, 1.165) is 27.4 Å². The third-order valence-corrected chi connectivity index (χ3v) is 4.25. The van der Waals surface area contributed by atoms with Crippen LogP contribution in [0.3, 0.4) is 0 Å². The number of nitrogens with one attached hydrogen (secondary N) is 2. The smallest absolute Gasteiger partial charge is 0.258 e. The number of fused-ring (bicyclic) bond motifs is 3. The predicted octanol–water partition coefficient (Wildman–Crippen LogP) is 4.16. The van der Waals surface area contributed by atoms with Crippen molar-refractivity contribution in [2.24, 2.45) is 0 Å². The van der Waals surface area contributed by atoms with Crippen LogP contribution in [0.15, 0.2) is 66.7 Å². The van der Waals surface area contributed by atoms with E-state index in [9.17, 15) is 9.18 Å². The second-order valence-electron chi connectivity index (χ2n) is 6.07. The van der Waals surface area contributed by atoms with Gasteiger partial charge in [-0.05, 0) is 35.9 Å². The second kappa shape index (κ2) is 6.88. The molecule has 0 unspecified atom stereocenters. The highest BCUT2D eigenvalue weighted by atomic mass is 19.1. The zero-order valence-corrected chi connectivity index (χ0v) is 14.0. The highest BCUT2D eigenvalue weighted by Crippen LogP contribution is 2.28. The Labute approximate surface area is 149 Å².